The molecule has 0 fully saturated rings. The van der Waals surface area contributed by atoms with Crippen molar-refractivity contribution in [2.75, 3.05) is 0 Å². The maximum atomic E-state index is 7.32. The summed E-state index contributed by atoms with van der Waals surface area (Å²) in [5.41, 5.74) is 0. The van der Waals surface area contributed by atoms with Crippen molar-refractivity contribution in [2.24, 2.45) is 0 Å². The first-order valence-corrected chi connectivity index (χ1v) is 0.724. The summed E-state index contributed by atoms with van der Waals surface area (Å²) in [6, 6.07) is 1.75. The number of nitrogens with zero attached hydrogens (tertiary/aromatic N) is 1. The first-order valence-electron chi connectivity index (χ1n) is 0.724. The van der Waals surface area contributed by atoms with Crippen LogP contribution in [0.15, 0.2) is 0 Å². The van der Waals surface area contributed by atoms with E-state index in [1.165, 1.54) is 6.92 Å². The van der Waals surface area contributed by atoms with Gasteiger partial charge in [0, 0.05) is 6.92 Å². The first kappa shape index (κ1) is 15.7. The van der Waals surface area contributed by atoms with Crippen molar-refractivity contribution in [3.05, 3.63) is 0 Å². The zero-order valence-electron chi connectivity index (χ0n) is 3.33. The van der Waals surface area contributed by atoms with Gasteiger partial charge in [-0.1, -0.05) is 0 Å². The van der Waals surface area contributed by atoms with Gasteiger partial charge >= 0.3 is 68.9 Å². The van der Waals surface area contributed by atoms with E-state index in [2.05, 4.69) is 0 Å². The average molecular weight is 301 g/mol. The van der Waals surface area contributed by atoms with E-state index in [0.717, 1.165) is 0 Å². The Hall–Kier alpha value is 2.27. The minimum absolute atomic E-state index is 0. The second-order valence-electron chi connectivity index (χ2n) is 0.224. The summed E-state index contributed by atoms with van der Waals surface area (Å²) in [5, 5.41) is 7.32. The average Bonchev–Trinajstić information content (AvgIpc) is 0.918. The van der Waals surface area contributed by atoms with Crippen molar-refractivity contribution in [1.29, 1.82) is 5.26 Å². The Balaban J connectivity index is -0.0000000200. The Morgan fingerprint density at radius 2 is 1.60 bits per heavy atom. The molecule has 0 aliphatic carbocycles. The minimum atomic E-state index is 0. The third-order valence-electron chi connectivity index (χ3n) is 0. The molecule has 0 N–H and O–H groups in total. The quantitative estimate of drug-likeness (QED) is 0.410. The Morgan fingerprint density at radius 3 is 1.60 bits per heavy atom. The Kier molecular flexibility index (Phi) is 51.0. The Morgan fingerprint density at radius 1 is 1.60 bits per heavy atom. The van der Waals surface area contributed by atoms with Crippen molar-refractivity contribution in [1.82, 2.24) is 0 Å². The fourth-order valence-corrected chi connectivity index (χ4v) is 0. The van der Waals surface area contributed by atoms with Gasteiger partial charge in [0.05, 0.1) is 6.07 Å². The fraction of sp³-hybridized carbons (Fsp3) is 0.500. The second-order valence-corrected chi connectivity index (χ2v) is 0.224. The summed E-state index contributed by atoms with van der Waals surface area (Å²) in [5.74, 6) is 0. The molecule has 0 aromatic carbocycles. The van der Waals surface area contributed by atoms with E-state index < -0.39 is 0 Å². The summed E-state index contributed by atoms with van der Waals surface area (Å²) in [6.45, 7) is 1.43. The normalized spacial score (nSPS) is 1.60. The Labute approximate surface area is 108 Å². The van der Waals surface area contributed by atoms with Crippen LogP contribution in [0.5, 0.6) is 0 Å². The summed E-state index contributed by atoms with van der Waals surface area (Å²) in [6.07, 6.45) is 0. The summed E-state index contributed by atoms with van der Waals surface area (Å²) < 4.78 is 0. The molecule has 0 radical (unpaired) electrons. The summed E-state index contributed by atoms with van der Waals surface area (Å²) in [7, 11) is 0. The van der Waals surface area contributed by atoms with Gasteiger partial charge in [-0.25, -0.2) is 0 Å². The maximum Gasteiger partial charge on any atom is 1.00 e. The molecule has 5 heavy (non-hydrogen) atoms. The van der Waals surface area contributed by atoms with Crippen LogP contribution in [0.2, 0.25) is 0 Å². The van der Waals surface area contributed by atoms with E-state index in [-0.39, 0.29) is 92.9 Å². The molecule has 0 saturated heterocycles. The van der Waals surface area contributed by atoms with E-state index in [1.807, 2.05) is 0 Å². The van der Waals surface area contributed by atoms with E-state index in [0.29, 0.717) is 0 Å². The molecule has 0 spiro atoms. The van der Waals surface area contributed by atoms with Gasteiger partial charge in [-0.3, -0.25) is 0 Å². The van der Waals surface area contributed by atoms with Gasteiger partial charge in [0.15, 0.2) is 0 Å². The second kappa shape index (κ2) is 16.3. The molecule has 3 heteroatoms. The van der Waals surface area contributed by atoms with Gasteiger partial charge in [-0.15, -0.1) is 0 Å². The fourth-order valence-electron chi connectivity index (χ4n) is 0. The van der Waals surface area contributed by atoms with Crippen LogP contribution in [0.25, 0.3) is 0 Å². The van der Waals surface area contributed by atoms with Gasteiger partial charge in [0.1, 0.15) is 0 Å². The van der Waals surface area contributed by atoms with Crippen LogP contribution in [0.1, 0.15) is 6.92 Å². The van der Waals surface area contributed by atoms with Crippen LogP contribution < -0.4 is 92.9 Å². The van der Waals surface area contributed by atoms with Crippen molar-refractivity contribution in [2.45, 2.75) is 6.92 Å². The minimum Gasteiger partial charge on any atom is -1.00 e. The van der Waals surface area contributed by atoms with Crippen molar-refractivity contribution in [3.63, 3.8) is 0 Å². The molecule has 0 unspecified atom stereocenters. The molecule has 0 aromatic heterocycles. The molecule has 0 aliphatic heterocycles. The monoisotopic (exact) mass is 301 g/mol. The predicted octanol–water partition coefficient (Wildman–Crippen LogP) is -5.46. The van der Waals surface area contributed by atoms with E-state index >= 15 is 0 Å². The van der Waals surface area contributed by atoms with E-state index in [4.69, 9.17) is 5.26 Å². The molecule has 1 nitrogen and oxygen atoms in total. The number of rotatable bonds is 0. The molecular formula is C2H3CsIN. The van der Waals surface area contributed by atoms with Crippen LogP contribution >= 0.6 is 0 Å². The molecule has 24 valence electrons. The number of hydrogen-bond donors (Lipinski definition) is 0. The molecule has 0 rings (SSSR count). The number of nitriles is 1. The third kappa shape index (κ3) is 22.2. The predicted molar refractivity (Wildman–Crippen MR) is 11.3 cm³/mol. The Bertz CT molecular complexity index is 31.1. The van der Waals surface area contributed by atoms with Gasteiger partial charge < -0.3 is 24.0 Å². The van der Waals surface area contributed by atoms with Crippen LogP contribution in [0, 0.1) is 11.3 Å². The van der Waals surface area contributed by atoms with Crippen LogP contribution in [-0.2, 0) is 0 Å². The number of hydrogen-bond acceptors (Lipinski definition) is 1. The van der Waals surface area contributed by atoms with Crippen LogP contribution in [-0.4, -0.2) is 0 Å². The third-order valence-corrected chi connectivity index (χ3v) is 0. The van der Waals surface area contributed by atoms with Crippen molar-refractivity contribution >= 4 is 0 Å². The summed E-state index contributed by atoms with van der Waals surface area (Å²) in [4.78, 5) is 0. The molecular weight excluding hydrogens is 298 g/mol. The van der Waals surface area contributed by atoms with Crippen LogP contribution in [0.4, 0.5) is 0 Å². The SMILES string of the molecule is CC#N.[Cs+].[I-]. The van der Waals surface area contributed by atoms with Crippen molar-refractivity contribution in [3.8, 4) is 6.07 Å². The number of halogens is 1. The molecule has 0 aromatic rings. The van der Waals surface area contributed by atoms with E-state index in [1.54, 1.807) is 6.07 Å². The van der Waals surface area contributed by atoms with Gasteiger partial charge in [-0.05, 0) is 0 Å². The molecule has 0 amide bonds. The molecule has 0 atom stereocenters. The molecule has 0 heterocycles. The van der Waals surface area contributed by atoms with Gasteiger partial charge in [-0.2, -0.15) is 5.26 Å². The van der Waals surface area contributed by atoms with E-state index in [9.17, 15) is 0 Å². The smallest absolute Gasteiger partial charge is 1.00 e. The van der Waals surface area contributed by atoms with Gasteiger partial charge in [0.2, 0.25) is 0 Å². The largest absolute Gasteiger partial charge is 1.00 e. The van der Waals surface area contributed by atoms with Crippen LogP contribution in [0.3, 0.4) is 0 Å². The summed E-state index contributed by atoms with van der Waals surface area (Å²) >= 11 is 0. The zero-order chi connectivity index (χ0) is 2.71. The molecule has 0 aliphatic rings. The zero-order valence-corrected chi connectivity index (χ0v) is 11.8. The maximum absolute atomic E-state index is 7.32. The van der Waals surface area contributed by atoms with Crippen molar-refractivity contribution < 1.29 is 92.9 Å². The molecule has 0 bridgehead atoms. The first-order chi connectivity index (χ1) is 1.41. The topological polar surface area (TPSA) is 23.8 Å². The standard InChI is InChI=1S/C2H3N.Cs.HI/c1-2-3;;/h1H3;;1H/q;+1;/p-1. The van der Waals surface area contributed by atoms with Gasteiger partial charge in [0.25, 0.3) is 0 Å². The molecule has 0 saturated carbocycles.